The number of hydrogen-bond acceptors (Lipinski definition) is 2. The van der Waals surface area contributed by atoms with Gasteiger partial charge < -0.3 is 10.2 Å². The zero-order valence-electron chi connectivity index (χ0n) is 11.0. The molecule has 0 unspecified atom stereocenters. The van der Waals surface area contributed by atoms with Crippen molar-refractivity contribution in [3.63, 3.8) is 0 Å². The van der Waals surface area contributed by atoms with E-state index in [9.17, 15) is 4.39 Å². The molecule has 1 aliphatic heterocycles. The first-order valence-corrected chi connectivity index (χ1v) is 6.84. The maximum Gasteiger partial charge on any atom is 0.145 e. The number of nitrogens with zero attached hydrogens (tertiary/aromatic N) is 1. The summed E-state index contributed by atoms with van der Waals surface area (Å²) in [4.78, 5) is 2.37. The van der Waals surface area contributed by atoms with Crippen molar-refractivity contribution in [2.45, 2.75) is 20.3 Å². The summed E-state index contributed by atoms with van der Waals surface area (Å²) in [5.74, 6) is -0.241. The van der Waals surface area contributed by atoms with Gasteiger partial charge in [0.2, 0.25) is 0 Å². The summed E-state index contributed by atoms with van der Waals surface area (Å²) in [6, 6.07) is 1.71. The van der Waals surface area contributed by atoms with Crippen molar-refractivity contribution < 1.29 is 4.39 Å². The number of halogens is 2. The number of rotatable bonds is 3. The Bertz CT molecular complexity index is 402. The molecule has 1 N–H and O–H groups in total. The van der Waals surface area contributed by atoms with Crippen molar-refractivity contribution in [1.82, 2.24) is 10.2 Å². The second-order valence-corrected chi connectivity index (χ2v) is 5.34. The molecule has 2 rings (SSSR count). The third-order valence-corrected chi connectivity index (χ3v) is 4.02. The van der Waals surface area contributed by atoms with Gasteiger partial charge in [0.1, 0.15) is 5.82 Å². The molecule has 2 nitrogen and oxygen atoms in total. The van der Waals surface area contributed by atoms with Crippen LogP contribution >= 0.6 is 11.6 Å². The first kappa shape index (κ1) is 13.8. The van der Waals surface area contributed by atoms with Crippen LogP contribution < -0.4 is 5.32 Å². The van der Waals surface area contributed by atoms with Crippen molar-refractivity contribution in [1.29, 1.82) is 0 Å². The second kappa shape index (κ2) is 6.00. The van der Waals surface area contributed by atoms with E-state index in [4.69, 9.17) is 11.6 Å². The zero-order chi connectivity index (χ0) is 13.1. The van der Waals surface area contributed by atoms with E-state index in [1.807, 2.05) is 13.8 Å². The van der Waals surface area contributed by atoms with Crippen molar-refractivity contribution in [2.24, 2.45) is 0 Å². The van der Waals surface area contributed by atoms with Crippen LogP contribution in [0, 0.1) is 19.7 Å². The quantitative estimate of drug-likeness (QED) is 0.908. The first-order valence-electron chi connectivity index (χ1n) is 6.46. The molecule has 100 valence electrons. The Hall–Kier alpha value is -0.640. The number of hydrogen-bond donors (Lipinski definition) is 1. The molecule has 18 heavy (non-hydrogen) atoms. The van der Waals surface area contributed by atoms with Crippen LogP contribution in [0.4, 0.5) is 4.39 Å². The third kappa shape index (κ3) is 3.02. The minimum atomic E-state index is -0.241. The second-order valence-electron chi connectivity index (χ2n) is 4.93. The molecule has 1 fully saturated rings. The molecule has 1 aromatic carbocycles. The molecule has 0 atom stereocenters. The van der Waals surface area contributed by atoms with E-state index in [1.54, 1.807) is 6.07 Å². The Morgan fingerprint density at radius 2 is 2.00 bits per heavy atom. The van der Waals surface area contributed by atoms with E-state index in [0.29, 0.717) is 0 Å². The van der Waals surface area contributed by atoms with Crippen LogP contribution in [0.2, 0.25) is 5.02 Å². The summed E-state index contributed by atoms with van der Waals surface area (Å²) in [6.07, 6.45) is 0.735. The highest BCUT2D eigenvalue weighted by molar-refractivity contribution is 6.30. The van der Waals surface area contributed by atoms with Gasteiger partial charge in [0, 0.05) is 32.7 Å². The molecule has 1 saturated heterocycles. The summed E-state index contributed by atoms with van der Waals surface area (Å²) in [6.45, 7) is 8.99. The maximum atomic E-state index is 14.0. The number of nitrogens with one attached hydrogen (secondary N) is 1. The molecule has 0 spiro atoms. The smallest absolute Gasteiger partial charge is 0.145 e. The third-order valence-electron chi connectivity index (χ3n) is 3.75. The summed E-state index contributed by atoms with van der Waals surface area (Å²) in [5.41, 5.74) is 2.88. The van der Waals surface area contributed by atoms with Crippen LogP contribution in [-0.2, 0) is 6.42 Å². The van der Waals surface area contributed by atoms with E-state index in [1.165, 1.54) is 0 Å². The van der Waals surface area contributed by atoms with Gasteiger partial charge in [-0.05, 0) is 43.0 Å². The van der Waals surface area contributed by atoms with Gasteiger partial charge in [0.15, 0.2) is 0 Å². The molecular weight excluding hydrogens is 251 g/mol. The average Bonchev–Trinajstić information content (AvgIpc) is 2.38. The molecular formula is C14H20ClFN2. The molecule has 0 amide bonds. The van der Waals surface area contributed by atoms with E-state index in [0.717, 1.165) is 55.8 Å². The number of benzene rings is 1. The van der Waals surface area contributed by atoms with Gasteiger partial charge in [0.25, 0.3) is 0 Å². The minimum Gasteiger partial charge on any atom is -0.314 e. The highest BCUT2D eigenvalue weighted by Gasteiger charge is 2.15. The predicted octanol–water partition coefficient (Wildman–Crippen LogP) is 2.54. The molecule has 4 heteroatoms. The number of aryl methyl sites for hydroxylation is 1. The fourth-order valence-electron chi connectivity index (χ4n) is 2.41. The van der Waals surface area contributed by atoms with Crippen LogP contribution in [0.15, 0.2) is 6.07 Å². The Kier molecular flexibility index (Phi) is 4.60. The Morgan fingerprint density at radius 1 is 1.33 bits per heavy atom. The molecule has 1 aliphatic rings. The fraction of sp³-hybridized carbons (Fsp3) is 0.571. The Labute approximate surface area is 113 Å². The normalized spacial score (nSPS) is 17.1. The molecule has 0 saturated carbocycles. The molecule has 0 aliphatic carbocycles. The predicted molar refractivity (Wildman–Crippen MR) is 73.9 cm³/mol. The van der Waals surface area contributed by atoms with Crippen molar-refractivity contribution >= 4 is 11.6 Å². The molecule has 1 heterocycles. The zero-order valence-corrected chi connectivity index (χ0v) is 11.8. The van der Waals surface area contributed by atoms with Gasteiger partial charge in [-0.2, -0.15) is 0 Å². The summed E-state index contributed by atoms with van der Waals surface area (Å²) in [5, 5.41) is 3.56. The lowest BCUT2D eigenvalue weighted by molar-refractivity contribution is 0.243. The maximum absolute atomic E-state index is 14.0. The van der Waals surface area contributed by atoms with E-state index < -0.39 is 0 Å². The van der Waals surface area contributed by atoms with Crippen LogP contribution in [0.5, 0.6) is 0 Å². The summed E-state index contributed by atoms with van der Waals surface area (Å²) in [7, 11) is 0. The average molecular weight is 271 g/mol. The van der Waals surface area contributed by atoms with E-state index >= 15 is 0 Å². The van der Waals surface area contributed by atoms with E-state index in [-0.39, 0.29) is 10.8 Å². The van der Waals surface area contributed by atoms with Crippen LogP contribution in [-0.4, -0.2) is 37.6 Å². The van der Waals surface area contributed by atoms with Gasteiger partial charge in [-0.1, -0.05) is 11.6 Å². The lowest BCUT2D eigenvalue weighted by Crippen LogP contribution is -2.44. The monoisotopic (exact) mass is 270 g/mol. The van der Waals surface area contributed by atoms with Gasteiger partial charge in [-0.25, -0.2) is 4.39 Å². The van der Waals surface area contributed by atoms with Gasteiger partial charge >= 0.3 is 0 Å². The first-order chi connectivity index (χ1) is 8.59. The standard InChI is InChI=1S/C14H20ClFN2/c1-10-9-13(15)14(16)12(11(10)2)3-6-18-7-4-17-5-8-18/h9,17H,3-8H2,1-2H3. The lowest BCUT2D eigenvalue weighted by Gasteiger charge is -2.27. The highest BCUT2D eigenvalue weighted by Crippen LogP contribution is 2.25. The molecule has 0 bridgehead atoms. The van der Waals surface area contributed by atoms with Crippen molar-refractivity contribution in [3.05, 3.63) is 33.6 Å². The fourth-order valence-corrected chi connectivity index (χ4v) is 2.69. The van der Waals surface area contributed by atoms with Gasteiger partial charge in [-0.15, -0.1) is 0 Å². The van der Waals surface area contributed by atoms with E-state index in [2.05, 4.69) is 10.2 Å². The molecule has 1 aromatic rings. The Balaban J connectivity index is 2.08. The molecule has 0 aromatic heterocycles. The Morgan fingerprint density at radius 3 is 2.67 bits per heavy atom. The SMILES string of the molecule is Cc1cc(Cl)c(F)c(CCN2CCNCC2)c1C. The topological polar surface area (TPSA) is 15.3 Å². The molecule has 0 radical (unpaired) electrons. The summed E-state index contributed by atoms with van der Waals surface area (Å²) < 4.78 is 14.0. The lowest BCUT2D eigenvalue weighted by atomic mass is 10.00. The van der Waals surface area contributed by atoms with Gasteiger partial charge in [0.05, 0.1) is 5.02 Å². The largest absolute Gasteiger partial charge is 0.314 e. The minimum absolute atomic E-state index is 0.241. The van der Waals surface area contributed by atoms with Gasteiger partial charge in [-0.3, -0.25) is 0 Å². The summed E-state index contributed by atoms with van der Waals surface area (Å²) >= 11 is 5.91. The van der Waals surface area contributed by atoms with Crippen LogP contribution in [0.3, 0.4) is 0 Å². The van der Waals surface area contributed by atoms with Crippen molar-refractivity contribution in [2.75, 3.05) is 32.7 Å². The highest BCUT2D eigenvalue weighted by atomic mass is 35.5. The van der Waals surface area contributed by atoms with Crippen LogP contribution in [0.1, 0.15) is 16.7 Å². The number of piperazine rings is 1. The van der Waals surface area contributed by atoms with Crippen molar-refractivity contribution in [3.8, 4) is 0 Å². The van der Waals surface area contributed by atoms with Crippen LogP contribution in [0.25, 0.3) is 0 Å².